The number of carbonyl (C=O) groups is 3. The van der Waals surface area contributed by atoms with E-state index in [2.05, 4.69) is 10.4 Å². The number of nitrogens with one attached hydrogen (secondary N) is 1. The van der Waals surface area contributed by atoms with Crippen molar-refractivity contribution in [2.24, 2.45) is 7.05 Å². The first-order chi connectivity index (χ1) is 21.9. The zero-order chi connectivity index (χ0) is 33.0. The van der Waals surface area contributed by atoms with E-state index in [4.69, 9.17) is 27.9 Å². The van der Waals surface area contributed by atoms with E-state index in [1.54, 1.807) is 4.90 Å². The molecule has 2 amide bonds. The number of carboxylic acids is 1. The maximum atomic E-state index is 14.6. The van der Waals surface area contributed by atoms with Crippen molar-refractivity contribution in [1.29, 1.82) is 0 Å². The van der Waals surface area contributed by atoms with Crippen LogP contribution in [0.4, 0.5) is 4.79 Å². The van der Waals surface area contributed by atoms with Crippen LogP contribution in [0.25, 0.3) is 22.0 Å². The molecule has 46 heavy (non-hydrogen) atoms. The summed E-state index contributed by atoms with van der Waals surface area (Å²) in [6.45, 7) is 9.04. The highest BCUT2D eigenvalue weighted by Gasteiger charge is 2.45. The Kier molecular flexibility index (Phi) is 8.77. The Hall–Kier alpha value is -3.67. The van der Waals surface area contributed by atoms with Crippen LogP contribution in [-0.4, -0.2) is 66.0 Å². The third-order valence-electron chi connectivity index (χ3n) is 8.89. The summed E-state index contributed by atoms with van der Waals surface area (Å²) in [5.41, 5.74) is 7.55. The van der Waals surface area contributed by atoms with Crippen LogP contribution in [0, 0.1) is 27.7 Å². The molecule has 2 atom stereocenters. The third-order valence-corrected chi connectivity index (χ3v) is 10.9. The van der Waals surface area contributed by atoms with E-state index in [0.717, 1.165) is 72.6 Å². The van der Waals surface area contributed by atoms with E-state index < -0.39 is 22.6 Å². The largest absolute Gasteiger partial charge is 0.494 e. The molecule has 2 aromatic carbocycles. The normalized spacial score (nSPS) is 18.2. The molecule has 13 heteroatoms. The van der Waals surface area contributed by atoms with Gasteiger partial charge in [0.1, 0.15) is 16.8 Å². The van der Waals surface area contributed by atoms with Crippen molar-refractivity contribution in [3.8, 4) is 16.9 Å². The van der Waals surface area contributed by atoms with Crippen LogP contribution in [0.3, 0.4) is 0 Å². The number of aliphatic carboxylic acids is 1. The van der Waals surface area contributed by atoms with Crippen LogP contribution >= 0.6 is 35.0 Å². The lowest BCUT2D eigenvalue weighted by molar-refractivity contribution is -0.139. The lowest BCUT2D eigenvalue weighted by Gasteiger charge is -2.28. The average molecular weight is 685 g/mol. The Morgan fingerprint density at radius 2 is 1.83 bits per heavy atom. The first-order valence-electron chi connectivity index (χ1n) is 15.1. The number of rotatable bonds is 8. The highest BCUT2D eigenvalue weighted by Crippen LogP contribution is 2.43. The summed E-state index contributed by atoms with van der Waals surface area (Å²) in [7, 11) is 1.89. The minimum absolute atomic E-state index is 0.303. The number of carbonyl (C=O) groups excluding carboxylic acids is 2. The molecule has 2 aliphatic rings. The number of ether oxygens (including phenoxy) is 1. The molecule has 0 aliphatic carbocycles. The summed E-state index contributed by atoms with van der Waals surface area (Å²) >= 11 is 14.2. The van der Waals surface area contributed by atoms with E-state index in [9.17, 15) is 19.5 Å². The Morgan fingerprint density at radius 3 is 2.48 bits per heavy atom. The Balaban J connectivity index is 1.46. The van der Waals surface area contributed by atoms with Gasteiger partial charge in [-0.25, -0.2) is 4.79 Å². The van der Waals surface area contributed by atoms with Gasteiger partial charge < -0.3 is 24.6 Å². The predicted molar refractivity (Wildman–Crippen MR) is 180 cm³/mol. The Morgan fingerprint density at radius 1 is 1.11 bits per heavy atom. The molecule has 0 bridgehead atoms. The van der Waals surface area contributed by atoms with Gasteiger partial charge in [-0.2, -0.15) is 5.10 Å². The average Bonchev–Trinajstić information content (AvgIpc) is 3.58. The Bertz CT molecular complexity index is 1900. The van der Waals surface area contributed by atoms with Crippen LogP contribution in [0.2, 0.25) is 10.0 Å². The van der Waals surface area contributed by atoms with Crippen molar-refractivity contribution in [2.75, 3.05) is 13.2 Å². The van der Waals surface area contributed by atoms with E-state index in [1.807, 2.05) is 68.3 Å². The number of fused-ring (bicyclic) bond motifs is 3. The van der Waals surface area contributed by atoms with Gasteiger partial charge in [-0.3, -0.25) is 14.3 Å². The number of halogens is 2. The fourth-order valence-corrected chi connectivity index (χ4v) is 8.15. The summed E-state index contributed by atoms with van der Waals surface area (Å²) < 4.78 is 9.99. The minimum atomic E-state index is -1.20. The van der Waals surface area contributed by atoms with Crippen molar-refractivity contribution >= 4 is 63.0 Å². The number of aromatic nitrogens is 3. The highest BCUT2D eigenvalue weighted by atomic mass is 35.5. The number of hydrogen-bond donors (Lipinski definition) is 2. The first kappa shape index (κ1) is 32.3. The molecule has 0 saturated carbocycles. The highest BCUT2D eigenvalue weighted by molar-refractivity contribution is 8.14. The molecule has 242 valence electrons. The molecule has 6 rings (SSSR count). The van der Waals surface area contributed by atoms with Gasteiger partial charge in [0, 0.05) is 47.4 Å². The minimum Gasteiger partial charge on any atom is -0.494 e. The fourth-order valence-electron chi connectivity index (χ4n) is 6.73. The van der Waals surface area contributed by atoms with Gasteiger partial charge in [-0.15, -0.1) is 0 Å². The maximum absolute atomic E-state index is 14.6. The molecule has 10 nitrogen and oxygen atoms in total. The second-order valence-electron chi connectivity index (χ2n) is 11.9. The SMILES string of the molecule is Cc1cc(OCCCc2c3n(c4c(-c5c(C)nn(C)c5C)c(Cl)ccc24)CCCN(C2SC(=O)NC2C(=O)O)C3=O)cc(C)c1Cl. The summed E-state index contributed by atoms with van der Waals surface area (Å²) in [5, 5.41) is 17.8. The van der Waals surface area contributed by atoms with Crippen molar-refractivity contribution in [2.45, 2.75) is 64.9 Å². The lowest BCUT2D eigenvalue weighted by Crippen LogP contribution is -2.49. The molecule has 1 saturated heterocycles. The van der Waals surface area contributed by atoms with Crippen LogP contribution in [-0.2, 0) is 24.8 Å². The van der Waals surface area contributed by atoms with Gasteiger partial charge in [-0.05, 0) is 93.6 Å². The van der Waals surface area contributed by atoms with Gasteiger partial charge >= 0.3 is 5.97 Å². The van der Waals surface area contributed by atoms with E-state index >= 15 is 0 Å². The smallest absolute Gasteiger partial charge is 0.329 e. The van der Waals surface area contributed by atoms with Gasteiger partial charge in [0.25, 0.3) is 11.1 Å². The molecule has 1 fully saturated rings. The quantitative estimate of drug-likeness (QED) is 0.199. The summed E-state index contributed by atoms with van der Waals surface area (Å²) in [4.78, 5) is 40.5. The summed E-state index contributed by atoms with van der Waals surface area (Å²) in [6, 6.07) is 6.45. The molecule has 4 heterocycles. The number of nitrogens with zero attached hydrogens (tertiary/aromatic N) is 4. The number of benzene rings is 2. The van der Waals surface area contributed by atoms with Gasteiger partial charge in [0.15, 0.2) is 6.04 Å². The molecule has 4 aromatic rings. The van der Waals surface area contributed by atoms with E-state index in [1.165, 1.54) is 0 Å². The Labute approximate surface area is 281 Å². The standard InChI is InChI=1S/C33H35Cl2N5O5S/c1-16-14-20(15-17(2)26(16)35)45-13-6-8-21-22-9-10-23(34)25(24-18(3)37-38(5)19(24)4)28(22)39-11-7-12-40(30(41)29(21)39)31-27(32(42)43)36-33(44)46-31/h9-10,14-15,27,31H,6-8,11-13H2,1-5H3,(H,36,44)(H,42,43). The fraction of sp³-hybridized carbons (Fsp3) is 0.394. The molecular weight excluding hydrogens is 649 g/mol. The predicted octanol–water partition coefficient (Wildman–Crippen LogP) is 6.68. The van der Waals surface area contributed by atoms with E-state index in [-0.39, 0.29) is 5.91 Å². The zero-order valence-electron chi connectivity index (χ0n) is 26.2. The molecule has 2 unspecified atom stereocenters. The van der Waals surface area contributed by atoms with Crippen molar-refractivity contribution in [1.82, 2.24) is 24.6 Å². The topological polar surface area (TPSA) is 119 Å². The van der Waals surface area contributed by atoms with Gasteiger partial charge in [0.05, 0.1) is 22.8 Å². The molecular formula is C33H35Cl2N5O5S. The molecule has 2 aromatic heterocycles. The maximum Gasteiger partial charge on any atom is 0.329 e. The summed E-state index contributed by atoms with van der Waals surface area (Å²) in [6.07, 6.45) is 1.70. The van der Waals surface area contributed by atoms with Crippen LogP contribution in [0.1, 0.15) is 51.4 Å². The van der Waals surface area contributed by atoms with Crippen molar-refractivity contribution in [3.63, 3.8) is 0 Å². The summed E-state index contributed by atoms with van der Waals surface area (Å²) in [5.74, 6) is -0.757. The molecule has 2 aliphatic heterocycles. The second kappa shape index (κ2) is 12.5. The zero-order valence-corrected chi connectivity index (χ0v) is 28.6. The molecule has 0 radical (unpaired) electrons. The monoisotopic (exact) mass is 683 g/mol. The lowest BCUT2D eigenvalue weighted by atomic mass is 9.98. The molecule has 2 N–H and O–H groups in total. The number of thioether (sulfide) groups is 1. The number of amides is 2. The number of hydrogen-bond acceptors (Lipinski definition) is 6. The van der Waals surface area contributed by atoms with Crippen LogP contribution < -0.4 is 10.1 Å². The first-order valence-corrected chi connectivity index (χ1v) is 16.8. The second-order valence-corrected chi connectivity index (χ2v) is 13.8. The number of aryl methyl sites for hydroxylation is 6. The van der Waals surface area contributed by atoms with Gasteiger partial charge in [-0.1, -0.05) is 29.3 Å². The van der Waals surface area contributed by atoms with Crippen molar-refractivity contribution < 1.29 is 24.2 Å². The number of carboxylic acid groups (broad SMARTS) is 1. The van der Waals surface area contributed by atoms with Crippen LogP contribution in [0.5, 0.6) is 5.75 Å². The third kappa shape index (κ3) is 5.52. The van der Waals surface area contributed by atoms with Gasteiger partial charge in [0.2, 0.25) is 0 Å². The van der Waals surface area contributed by atoms with Crippen LogP contribution in [0.15, 0.2) is 24.3 Å². The van der Waals surface area contributed by atoms with E-state index in [0.29, 0.717) is 49.7 Å². The van der Waals surface area contributed by atoms with Crippen molar-refractivity contribution in [3.05, 3.63) is 68.1 Å². The molecule has 0 spiro atoms.